The number of methoxy groups -OCH3 is 1. The minimum atomic E-state index is -4.17. The number of nitrogens with zero attached hydrogens (tertiary/aromatic N) is 2. The molecule has 8 nitrogen and oxygen atoms in total. The van der Waals surface area contributed by atoms with Crippen molar-refractivity contribution in [3.8, 4) is 5.75 Å². The minimum absolute atomic E-state index is 0.0120. The van der Waals surface area contributed by atoms with E-state index in [2.05, 4.69) is 4.98 Å². The fourth-order valence-corrected chi connectivity index (χ4v) is 4.84. The Kier molecular flexibility index (Phi) is 5.04. The molecule has 0 atom stereocenters. The number of ether oxygens (including phenoxy) is 1. The fourth-order valence-electron chi connectivity index (χ4n) is 3.31. The van der Waals surface area contributed by atoms with Gasteiger partial charge in [0.2, 0.25) is 5.78 Å². The standard InChI is InChI=1S/C22H16N2O6S/c1-30-15-7-8-19-14(11-15)12-20(21(25)18-13-23-10-9-17(18)22(26)27)24(19)31(28,29)16-5-3-2-4-6-16/h2-13H,1H3,(H,26,27). The molecule has 156 valence electrons. The smallest absolute Gasteiger partial charge is 0.336 e. The van der Waals surface area contributed by atoms with Crippen LogP contribution < -0.4 is 4.74 Å². The Bertz CT molecular complexity index is 1430. The van der Waals surface area contributed by atoms with E-state index in [9.17, 15) is 23.1 Å². The predicted molar refractivity (Wildman–Crippen MR) is 112 cm³/mol. The average molecular weight is 436 g/mol. The van der Waals surface area contributed by atoms with Gasteiger partial charge in [-0.15, -0.1) is 0 Å². The highest BCUT2D eigenvalue weighted by molar-refractivity contribution is 7.90. The summed E-state index contributed by atoms with van der Waals surface area (Å²) in [6.45, 7) is 0. The van der Waals surface area contributed by atoms with Crippen LogP contribution >= 0.6 is 0 Å². The van der Waals surface area contributed by atoms with Gasteiger partial charge in [-0.3, -0.25) is 9.78 Å². The average Bonchev–Trinajstić information content (AvgIpc) is 3.18. The van der Waals surface area contributed by atoms with Gasteiger partial charge in [-0.25, -0.2) is 17.2 Å². The van der Waals surface area contributed by atoms with Crippen LogP contribution in [-0.4, -0.2) is 41.3 Å². The van der Waals surface area contributed by atoms with E-state index in [1.165, 1.54) is 43.6 Å². The molecule has 0 unspecified atom stereocenters. The van der Waals surface area contributed by atoms with Gasteiger partial charge in [-0.2, -0.15) is 0 Å². The molecule has 4 rings (SSSR count). The van der Waals surface area contributed by atoms with Gasteiger partial charge in [0.05, 0.1) is 28.6 Å². The van der Waals surface area contributed by atoms with E-state index in [0.29, 0.717) is 11.1 Å². The van der Waals surface area contributed by atoms with Gasteiger partial charge in [-0.1, -0.05) is 18.2 Å². The molecule has 0 saturated heterocycles. The van der Waals surface area contributed by atoms with E-state index in [-0.39, 0.29) is 27.2 Å². The van der Waals surface area contributed by atoms with Crippen molar-refractivity contribution in [1.29, 1.82) is 0 Å². The zero-order valence-corrected chi connectivity index (χ0v) is 17.0. The predicted octanol–water partition coefficient (Wildman–Crippen LogP) is 3.21. The molecular formula is C22H16N2O6S. The maximum atomic E-state index is 13.5. The first-order valence-electron chi connectivity index (χ1n) is 9.06. The molecule has 2 aromatic heterocycles. The highest BCUT2D eigenvalue weighted by atomic mass is 32.2. The van der Waals surface area contributed by atoms with E-state index in [4.69, 9.17) is 4.74 Å². The van der Waals surface area contributed by atoms with Gasteiger partial charge in [0.1, 0.15) is 11.4 Å². The van der Waals surface area contributed by atoms with Crippen molar-refractivity contribution in [3.05, 3.63) is 89.9 Å². The summed E-state index contributed by atoms with van der Waals surface area (Å²) in [6, 6.07) is 15.0. The van der Waals surface area contributed by atoms with Gasteiger partial charge in [-0.05, 0) is 42.5 Å². The monoisotopic (exact) mass is 436 g/mol. The number of hydrogen-bond donors (Lipinski definition) is 1. The molecule has 0 saturated carbocycles. The molecular weight excluding hydrogens is 420 g/mol. The SMILES string of the molecule is COc1ccc2c(c1)cc(C(=O)c1cnccc1C(=O)O)n2S(=O)(=O)c1ccccc1. The van der Waals surface area contributed by atoms with Gasteiger partial charge in [0, 0.05) is 17.8 Å². The number of carboxylic acids is 1. The van der Waals surface area contributed by atoms with Crippen LogP contribution in [0.1, 0.15) is 26.4 Å². The molecule has 1 N–H and O–H groups in total. The maximum absolute atomic E-state index is 13.5. The number of pyridine rings is 1. The lowest BCUT2D eigenvalue weighted by molar-refractivity contribution is 0.0692. The van der Waals surface area contributed by atoms with Crippen molar-refractivity contribution in [2.24, 2.45) is 0 Å². The highest BCUT2D eigenvalue weighted by Gasteiger charge is 2.29. The van der Waals surface area contributed by atoms with E-state index < -0.39 is 21.8 Å². The summed E-state index contributed by atoms with van der Waals surface area (Å²) >= 11 is 0. The number of fused-ring (bicyclic) bond motifs is 1. The molecule has 0 aliphatic rings. The zero-order valence-electron chi connectivity index (χ0n) is 16.2. The third-order valence-electron chi connectivity index (χ3n) is 4.77. The molecule has 2 aromatic carbocycles. The van der Waals surface area contributed by atoms with Crippen LogP contribution in [0.25, 0.3) is 10.9 Å². The number of hydrogen-bond acceptors (Lipinski definition) is 6. The Balaban J connectivity index is 2.03. The quantitative estimate of drug-likeness (QED) is 0.462. The summed E-state index contributed by atoms with van der Waals surface area (Å²) in [5.41, 5.74) is -0.433. The van der Waals surface area contributed by atoms with Crippen LogP contribution in [0.3, 0.4) is 0 Å². The Morgan fingerprint density at radius 2 is 1.74 bits per heavy atom. The van der Waals surface area contributed by atoms with Gasteiger partial charge in [0.25, 0.3) is 10.0 Å². The number of aromatic nitrogens is 2. The summed E-state index contributed by atoms with van der Waals surface area (Å²) in [6.07, 6.45) is 2.37. The molecule has 4 aromatic rings. The molecule has 2 heterocycles. The van der Waals surface area contributed by atoms with Crippen molar-refractivity contribution in [2.75, 3.05) is 7.11 Å². The van der Waals surface area contributed by atoms with Crippen LogP contribution in [-0.2, 0) is 10.0 Å². The molecule has 0 radical (unpaired) electrons. The number of ketones is 1. The lowest BCUT2D eigenvalue weighted by atomic mass is 10.0. The third kappa shape index (κ3) is 3.44. The van der Waals surface area contributed by atoms with Crippen molar-refractivity contribution in [1.82, 2.24) is 8.96 Å². The highest BCUT2D eigenvalue weighted by Crippen LogP contribution is 2.30. The van der Waals surface area contributed by atoms with Crippen LogP contribution in [0.2, 0.25) is 0 Å². The minimum Gasteiger partial charge on any atom is -0.497 e. The second kappa shape index (κ2) is 7.69. The normalized spacial score (nSPS) is 11.4. The van der Waals surface area contributed by atoms with Crippen LogP contribution in [0, 0.1) is 0 Å². The van der Waals surface area contributed by atoms with Crippen molar-refractivity contribution >= 4 is 32.7 Å². The number of rotatable bonds is 6. The first-order valence-corrected chi connectivity index (χ1v) is 10.5. The Morgan fingerprint density at radius 3 is 2.42 bits per heavy atom. The second-order valence-corrected chi connectivity index (χ2v) is 8.38. The van der Waals surface area contributed by atoms with Crippen LogP contribution in [0.15, 0.2) is 78.0 Å². The number of benzene rings is 2. The van der Waals surface area contributed by atoms with Gasteiger partial charge < -0.3 is 9.84 Å². The fraction of sp³-hybridized carbons (Fsp3) is 0.0455. The summed E-state index contributed by atoms with van der Waals surface area (Å²) in [5.74, 6) is -1.62. The number of carbonyl (C=O) groups excluding carboxylic acids is 1. The number of aromatic carboxylic acids is 1. The molecule has 0 amide bonds. The second-order valence-electron chi connectivity index (χ2n) is 6.59. The Hall–Kier alpha value is -3.98. The number of carboxylic acid groups (broad SMARTS) is 1. The largest absolute Gasteiger partial charge is 0.497 e. The third-order valence-corrected chi connectivity index (χ3v) is 6.52. The van der Waals surface area contributed by atoms with Crippen molar-refractivity contribution < 1.29 is 27.9 Å². The van der Waals surface area contributed by atoms with E-state index in [1.54, 1.807) is 30.3 Å². The van der Waals surface area contributed by atoms with Gasteiger partial charge >= 0.3 is 5.97 Å². The Labute approximate surface area is 177 Å². The first kappa shape index (κ1) is 20.3. The van der Waals surface area contributed by atoms with E-state index in [1.807, 2.05) is 0 Å². The van der Waals surface area contributed by atoms with Crippen molar-refractivity contribution in [3.63, 3.8) is 0 Å². The van der Waals surface area contributed by atoms with E-state index in [0.717, 1.165) is 10.2 Å². The first-order chi connectivity index (χ1) is 14.8. The summed E-state index contributed by atoms with van der Waals surface area (Å²) < 4.78 is 33.1. The molecule has 31 heavy (non-hydrogen) atoms. The van der Waals surface area contributed by atoms with Crippen LogP contribution in [0.4, 0.5) is 0 Å². The van der Waals surface area contributed by atoms with Crippen LogP contribution in [0.5, 0.6) is 5.75 Å². The molecule has 9 heteroatoms. The lowest BCUT2D eigenvalue weighted by Gasteiger charge is -2.12. The molecule has 0 spiro atoms. The van der Waals surface area contributed by atoms with Crippen molar-refractivity contribution in [2.45, 2.75) is 4.90 Å². The number of carbonyl (C=O) groups is 2. The maximum Gasteiger partial charge on any atom is 0.336 e. The zero-order chi connectivity index (χ0) is 22.2. The lowest BCUT2D eigenvalue weighted by Crippen LogP contribution is -2.20. The summed E-state index contributed by atoms with van der Waals surface area (Å²) in [5, 5.41) is 9.90. The molecule has 0 bridgehead atoms. The summed E-state index contributed by atoms with van der Waals surface area (Å²) in [4.78, 5) is 28.8. The van der Waals surface area contributed by atoms with Gasteiger partial charge in [0.15, 0.2) is 0 Å². The molecule has 0 aliphatic heterocycles. The topological polar surface area (TPSA) is 116 Å². The molecule has 0 aliphatic carbocycles. The Morgan fingerprint density at radius 1 is 1.00 bits per heavy atom. The molecule has 0 fully saturated rings. The van der Waals surface area contributed by atoms with E-state index >= 15 is 0 Å². The summed E-state index contributed by atoms with van der Waals surface area (Å²) in [7, 11) is -2.70.